The molecule has 1 atom stereocenters. The van der Waals surface area contributed by atoms with Crippen LogP contribution in [0.1, 0.15) is 44.4 Å². The van der Waals surface area contributed by atoms with Crippen LogP contribution in [-0.2, 0) is 11.2 Å². The van der Waals surface area contributed by atoms with Crippen molar-refractivity contribution in [1.29, 1.82) is 0 Å². The van der Waals surface area contributed by atoms with Crippen LogP contribution in [0.5, 0.6) is 0 Å². The number of thiophene rings is 1. The van der Waals surface area contributed by atoms with Crippen molar-refractivity contribution in [2.45, 2.75) is 51.5 Å². The first-order valence-corrected chi connectivity index (χ1v) is 8.75. The van der Waals surface area contributed by atoms with Crippen molar-refractivity contribution < 1.29 is 4.79 Å². The number of nitrogens with zero attached hydrogens (tertiary/aromatic N) is 1. The van der Waals surface area contributed by atoms with E-state index in [0.717, 1.165) is 28.9 Å². The van der Waals surface area contributed by atoms with E-state index in [-0.39, 0.29) is 5.54 Å². The molecular formula is C15H22BrNOS. The van der Waals surface area contributed by atoms with Gasteiger partial charge in [-0.15, -0.1) is 11.3 Å². The minimum Gasteiger partial charge on any atom is -0.297 e. The molecule has 1 aromatic heterocycles. The lowest BCUT2D eigenvalue weighted by atomic mass is 9.87. The number of hydrogen-bond donors (Lipinski definition) is 0. The Balaban J connectivity index is 2.11. The summed E-state index contributed by atoms with van der Waals surface area (Å²) in [6, 6.07) is 2.03. The monoisotopic (exact) mass is 343 g/mol. The van der Waals surface area contributed by atoms with Crippen molar-refractivity contribution in [3.63, 3.8) is 0 Å². The summed E-state index contributed by atoms with van der Waals surface area (Å²) in [5, 5.41) is 2.04. The minimum atomic E-state index is -0.288. The number of rotatable bonds is 5. The van der Waals surface area contributed by atoms with E-state index in [2.05, 4.69) is 34.7 Å². The molecule has 1 aromatic rings. The Kier molecular flexibility index (Phi) is 5.21. The molecule has 0 spiro atoms. The fraction of sp³-hybridized carbons (Fsp3) is 0.667. The van der Waals surface area contributed by atoms with Gasteiger partial charge in [-0.1, -0.05) is 13.3 Å². The van der Waals surface area contributed by atoms with Crippen LogP contribution >= 0.6 is 27.3 Å². The van der Waals surface area contributed by atoms with Crippen LogP contribution in [0.4, 0.5) is 0 Å². The molecule has 19 heavy (non-hydrogen) atoms. The molecule has 1 unspecified atom stereocenters. The van der Waals surface area contributed by atoms with Crippen LogP contribution < -0.4 is 0 Å². The molecule has 0 N–H and O–H groups in total. The Hall–Kier alpha value is -0.190. The fourth-order valence-corrected chi connectivity index (χ4v) is 4.26. The molecule has 2 nitrogen and oxygen atoms in total. The van der Waals surface area contributed by atoms with Crippen molar-refractivity contribution in [2.75, 3.05) is 13.1 Å². The molecule has 106 valence electrons. The molecule has 0 aliphatic carbocycles. The number of ketones is 1. The largest absolute Gasteiger partial charge is 0.297 e. The maximum absolute atomic E-state index is 12.8. The zero-order chi connectivity index (χ0) is 13.9. The highest BCUT2D eigenvalue weighted by Gasteiger charge is 2.37. The minimum absolute atomic E-state index is 0.288. The van der Waals surface area contributed by atoms with Crippen LogP contribution in [-0.4, -0.2) is 29.3 Å². The van der Waals surface area contributed by atoms with E-state index in [1.807, 2.05) is 11.4 Å². The van der Waals surface area contributed by atoms with E-state index in [0.29, 0.717) is 12.2 Å². The molecule has 1 saturated heterocycles. The van der Waals surface area contributed by atoms with E-state index in [1.165, 1.54) is 19.3 Å². The second-order valence-electron chi connectivity index (χ2n) is 5.47. The second kappa shape index (κ2) is 6.51. The molecule has 4 heteroatoms. The summed E-state index contributed by atoms with van der Waals surface area (Å²) < 4.78 is 1.07. The van der Waals surface area contributed by atoms with Gasteiger partial charge in [0.2, 0.25) is 0 Å². The third kappa shape index (κ3) is 3.29. The lowest BCUT2D eigenvalue weighted by Gasteiger charge is -2.42. The Morgan fingerprint density at radius 2 is 2.11 bits per heavy atom. The van der Waals surface area contributed by atoms with Crippen molar-refractivity contribution >= 4 is 33.0 Å². The van der Waals surface area contributed by atoms with Crippen LogP contribution in [0.25, 0.3) is 0 Å². The summed E-state index contributed by atoms with van der Waals surface area (Å²) >= 11 is 5.19. The summed E-state index contributed by atoms with van der Waals surface area (Å²) in [5.74, 6) is 0.361. The average molecular weight is 344 g/mol. The van der Waals surface area contributed by atoms with Crippen LogP contribution in [0.15, 0.2) is 15.9 Å². The summed E-state index contributed by atoms with van der Waals surface area (Å²) in [6.45, 7) is 6.40. The number of Topliss-reactive ketones (excluding diaryl/α,β-unsaturated/α-hetero) is 1. The number of carbonyl (C=O) groups excluding carboxylic acids is 1. The molecule has 0 amide bonds. The van der Waals surface area contributed by atoms with Crippen LogP contribution in [0.2, 0.25) is 0 Å². The molecule has 0 saturated carbocycles. The number of carbonyl (C=O) groups is 1. The van der Waals surface area contributed by atoms with Gasteiger partial charge in [-0.3, -0.25) is 9.69 Å². The molecule has 0 bridgehead atoms. The first kappa shape index (κ1) is 15.2. The van der Waals surface area contributed by atoms with Crippen LogP contribution in [0, 0.1) is 0 Å². The third-order valence-corrected chi connectivity index (χ3v) is 6.28. The Morgan fingerprint density at radius 1 is 1.42 bits per heavy atom. The fourth-order valence-electron chi connectivity index (χ4n) is 2.77. The molecule has 0 radical (unpaired) electrons. The van der Waals surface area contributed by atoms with Crippen molar-refractivity contribution in [1.82, 2.24) is 4.90 Å². The van der Waals surface area contributed by atoms with E-state index in [1.54, 1.807) is 11.3 Å². The highest BCUT2D eigenvalue weighted by atomic mass is 79.9. The molecule has 1 aliphatic heterocycles. The molecular weight excluding hydrogens is 322 g/mol. The van der Waals surface area contributed by atoms with E-state index >= 15 is 0 Å². The molecule has 1 aliphatic rings. The Bertz CT molecular complexity index is 439. The second-order valence-corrected chi connectivity index (χ2v) is 7.32. The quantitative estimate of drug-likeness (QED) is 0.795. The molecule has 0 aromatic carbocycles. The van der Waals surface area contributed by atoms with E-state index in [4.69, 9.17) is 0 Å². The number of halogens is 1. The van der Waals surface area contributed by atoms with Gasteiger partial charge in [-0.25, -0.2) is 0 Å². The SMILES string of the molecule is CCC(C)(C(=O)Cc1sccc1Br)N1CCCCC1. The summed E-state index contributed by atoms with van der Waals surface area (Å²) in [7, 11) is 0. The van der Waals surface area contributed by atoms with Gasteiger partial charge in [0.15, 0.2) is 5.78 Å². The number of piperidine rings is 1. The Labute approximate surface area is 128 Å². The maximum atomic E-state index is 12.8. The predicted molar refractivity (Wildman–Crippen MR) is 84.9 cm³/mol. The first-order valence-electron chi connectivity index (χ1n) is 7.08. The highest BCUT2D eigenvalue weighted by molar-refractivity contribution is 9.10. The van der Waals surface area contributed by atoms with E-state index in [9.17, 15) is 4.79 Å². The zero-order valence-electron chi connectivity index (χ0n) is 11.7. The molecule has 2 heterocycles. The zero-order valence-corrected chi connectivity index (χ0v) is 14.1. The number of likely N-dealkylation sites (tertiary alicyclic amines) is 1. The van der Waals surface area contributed by atoms with Gasteiger partial charge in [0.25, 0.3) is 0 Å². The predicted octanol–water partition coefficient (Wildman–Crippen LogP) is 4.28. The number of hydrogen-bond acceptors (Lipinski definition) is 3. The first-order chi connectivity index (χ1) is 9.08. The van der Waals surface area contributed by atoms with Crippen molar-refractivity contribution in [3.8, 4) is 0 Å². The standard InChI is InChI=1S/C15H22BrNOS/c1-3-15(2,17-8-5-4-6-9-17)14(18)11-13-12(16)7-10-19-13/h7,10H,3-6,8-9,11H2,1-2H3. The Morgan fingerprint density at radius 3 is 2.63 bits per heavy atom. The van der Waals surface area contributed by atoms with Gasteiger partial charge in [0, 0.05) is 15.8 Å². The van der Waals surface area contributed by atoms with Gasteiger partial charge in [0.1, 0.15) is 0 Å². The smallest absolute Gasteiger partial charge is 0.158 e. The summed E-state index contributed by atoms with van der Waals surface area (Å²) in [6.07, 6.45) is 5.21. The van der Waals surface area contributed by atoms with E-state index < -0.39 is 0 Å². The summed E-state index contributed by atoms with van der Waals surface area (Å²) in [5.41, 5.74) is -0.288. The van der Waals surface area contributed by atoms with Crippen molar-refractivity contribution in [3.05, 3.63) is 20.8 Å². The van der Waals surface area contributed by atoms with Gasteiger partial charge in [-0.2, -0.15) is 0 Å². The summed E-state index contributed by atoms with van der Waals surface area (Å²) in [4.78, 5) is 16.3. The van der Waals surface area contributed by atoms with Gasteiger partial charge in [0.05, 0.1) is 5.54 Å². The molecule has 1 fully saturated rings. The maximum Gasteiger partial charge on any atom is 0.158 e. The highest BCUT2D eigenvalue weighted by Crippen LogP contribution is 2.29. The normalized spacial score (nSPS) is 20.2. The van der Waals surface area contributed by atoms with Gasteiger partial charge in [-0.05, 0) is 66.7 Å². The van der Waals surface area contributed by atoms with Crippen molar-refractivity contribution in [2.24, 2.45) is 0 Å². The lowest BCUT2D eigenvalue weighted by molar-refractivity contribution is -0.130. The third-order valence-electron chi connectivity index (χ3n) is 4.36. The van der Waals surface area contributed by atoms with Gasteiger partial charge < -0.3 is 0 Å². The van der Waals surface area contributed by atoms with Gasteiger partial charge >= 0.3 is 0 Å². The molecule has 2 rings (SSSR count). The van der Waals surface area contributed by atoms with Crippen LogP contribution in [0.3, 0.4) is 0 Å². The average Bonchev–Trinajstić information content (AvgIpc) is 2.84. The lowest BCUT2D eigenvalue weighted by Crippen LogP contribution is -2.54. The topological polar surface area (TPSA) is 20.3 Å².